The first-order valence-electron chi connectivity index (χ1n) is 10.9. The summed E-state index contributed by atoms with van der Waals surface area (Å²) < 4.78 is 10.3. The van der Waals surface area contributed by atoms with Gasteiger partial charge in [-0.3, -0.25) is 19.7 Å². The molecule has 2 aromatic carbocycles. The van der Waals surface area contributed by atoms with E-state index in [2.05, 4.69) is 10.6 Å². The second-order valence-electron chi connectivity index (χ2n) is 8.26. The molecule has 2 aromatic rings. The third-order valence-electron chi connectivity index (χ3n) is 6.13. The Morgan fingerprint density at radius 1 is 1.26 bits per heavy atom. The fourth-order valence-corrected chi connectivity index (χ4v) is 4.57. The van der Waals surface area contributed by atoms with Crippen molar-refractivity contribution in [3.05, 3.63) is 63.3 Å². The quantitative estimate of drug-likeness (QED) is 0.258. The first kappa shape index (κ1) is 23.1. The smallest absolute Gasteiger partial charge is 0.316 e. The Bertz CT molecular complexity index is 1210. The number of fused-ring (bicyclic) bond motifs is 1. The number of carbonyl (C=O) groups is 2. The zero-order valence-electron chi connectivity index (χ0n) is 19.0. The van der Waals surface area contributed by atoms with Crippen molar-refractivity contribution in [2.24, 2.45) is 11.8 Å². The van der Waals surface area contributed by atoms with Crippen LogP contribution < -0.4 is 15.4 Å². The minimum atomic E-state index is -1.01. The first-order valence-corrected chi connectivity index (χ1v) is 10.9. The monoisotopic (exact) mass is 467 g/mol. The fraction of sp³-hybridized carbons (Fsp3) is 0.333. The van der Waals surface area contributed by atoms with Crippen molar-refractivity contribution in [2.45, 2.75) is 26.3 Å². The number of phenolic OH excluding ortho intramolecular Hbond substituents is 1. The molecule has 1 aliphatic carbocycles. The number of nitrogens with zero attached hydrogens (tertiary/aromatic N) is 1. The zero-order valence-corrected chi connectivity index (χ0v) is 19.0. The molecule has 3 N–H and O–H groups in total. The van der Waals surface area contributed by atoms with Gasteiger partial charge in [0.2, 0.25) is 5.75 Å². The van der Waals surface area contributed by atoms with Gasteiger partial charge in [0.05, 0.1) is 36.1 Å². The van der Waals surface area contributed by atoms with Crippen molar-refractivity contribution in [3.8, 4) is 11.5 Å². The maximum absolute atomic E-state index is 13.7. The summed E-state index contributed by atoms with van der Waals surface area (Å²) in [5.74, 6) is -3.03. The van der Waals surface area contributed by atoms with Crippen molar-refractivity contribution in [2.75, 3.05) is 24.4 Å². The van der Waals surface area contributed by atoms with E-state index in [0.29, 0.717) is 23.4 Å². The average Bonchev–Trinajstić information content (AvgIpc) is 2.96. The maximum Gasteiger partial charge on any atom is 0.316 e. The Kier molecular flexibility index (Phi) is 6.14. The standard InChI is InChI=1S/C24H25N3O7/c1-4-34-18-11-13(10-17(22(18)28)27(31)32)21-20-16(25-14-7-5-6-8-15(14)26-21)9-12(2)19(23(20)29)24(30)33-3/h5-8,10-12,19,21,25-26,28H,4,9H2,1-3H3/t12-,19+,21-/m1/s1. The van der Waals surface area contributed by atoms with Gasteiger partial charge in [-0.15, -0.1) is 0 Å². The number of phenols is 1. The predicted octanol–water partition coefficient (Wildman–Crippen LogP) is 3.93. The van der Waals surface area contributed by atoms with Gasteiger partial charge < -0.3 is 25.2 Å². The van der Waals surface area contributed by atoms with Gasteiger partial charge in [-0.05, 0) is 43.0 Å². The van der Waals surface area contributed by atoms with Crippen molar-refractivity contribution in [3.63, 3.8) is 0 Å². The number of hydrogen-bond acceptors (Lipinski definition) is 9. The van der Waals surface area contributed by atoms with Crippen LogP contribution in [0.5, 0.6) is 11.5 Å². The second-order valence-corrected chi connectivity index (χ2v) is 8.26. The number of ketones is 1. The molecule has 0 fully saturated rings. The lowest BCUT2D eigenvalue weighted by molar-refractivity contribution is -0.386. The number of benzene rings is 2. The number of esters is 1. The lowest BCUT2D eigenvalue weighted by Crippen LogP contribution is -2.39. The third kappa shape index (κ3) is 3.91. The molecule has 0 aromatic heterocycles. The molecule has 178 valence electrons. The molecule has 1 heterocycles. The lowest BCUT2D eigenvalue weighted by atomic mass is 9.74. The molecule has 0 unspecified atom stereocenters. The Hall–Kier alpha value is -4.08. The highest BCUT2D eigenvalue weighted by Gasteiger charge is 2.44. The molecule has 34 heavy (non-hydrogen) atoms. The number of hydrogen-bond donors (Lipinski definition) is 3. The Morgan fingerprint density at radius 3 is 2.62 bits per heavy atom. The van der Waals surface area contributed by atoms with E-state index in [1.54, 1.807) is 6.92 Å². The highest BCUT2D eigenvalue weighted by molar-refractivity contribution is 6.11. The van der Waals surface area contributed by atoms with E-state index in [1.165, 1.54) is 19.2 Å². The molecule has 0 bridgehead atoms. The number of methoxy groups -OCH3 is 1. The van der Waals surface area contributed by atoms with Gasteiger partial charge in [-0.2, -0.15) is 0 Å². The van der Waals surface area contributed by atoms with E-state index in [4.69, 9.17) is 9.47 Å². The van der Waals surface area contributed by atoms with Gasteiger partial charge in [-0.1, -0.05) is 19.1 Å². The summed E-state index contributed by atoms with van der Waals surface area (Å²) in [6, 6.07) is 9.17. The number of anilines is 2. The number of Topliss-reactive ketones (excluding diaryl/α,β-unsaturated/α-hetero) is 1. The number of ether oxygens (including phenoxy) is 2. The molecule has 4 rings (SSSR count). The van der Waals surface area contributed by atoms with E-state index in [0.717, 1.165) is 5.69 Å². The minimum absolute atomic E-state index is 0.0673. The molecule has 3 atom stereocenters. The molecule has 0 amide bonds. The summed E-state index contributed by atoms with van der Waals surface area (Å²) in [6.07, 6.45) is 0.395. The summed E-state index contributed by atoms with van der Waals surface area (Å²) in [6.45, 7) is 3.67. The third-order valence-corrected chi connectivity index (χ3v) is 6.13. The molecule has 10 heteroatoms. The van der Waals surface area contributed by atoms with Crippen LogP contribution in [0.1, 0.15) is 31.9 Å². The largest absolute Gasteiger partial charge is 0.500 e. The van der Waals surface area contributed by atoms with Gasteiger partial charge in [-0.25, -0.2) is 0 Å². The van der Waals surface area contributed by atoms with Gasteiger partial charge in [0.1, 0.15) is 5.92 Å². The van der Waals surface area contributed by atoms with Crippen LogP contribution in [-0.4, -0.2) is 35.5 Å². The summed E-state index contributed by atoms with van der Waals surface area (Å²) in [5, 5.41) is 28.6. The lowest BCUT2D eigenvalue weighted by Gasteiger charge is -2.32. The summed E-state index contributed by atoms with van der Waals surface area (Å²) in [5.41, 5.74) is 2.10. The molecular weight excluding hydrogens is 442 g/mol. The van der Waals surface area contributed by atoms with Crippen LogP contribution in [0.2, 0.25) is 0 Å². The predicted molar refractivity (Wildman–Crippen MR) is 124 cm³/mol. The van der Waals surface area contributed by atoms with Crippen LogP contribution in [0, 0.1) is 22.0 Å². The summed E-state index contributed by atoms with van der Waals surface area (Å²) in [4.78, 5) is 37.1. The Morgan fingerprint density at radius 2 is 1.97 bits per heavy atom. The van der Waals surface area contributed by atoms with Crippen molar-refractivity contribution < 1.29 is 29.1 Å². The molecule has 2 aliphatic rings. The molecular formula is C24H25N3O7. The number of allylic oxidation sites excluding steroid dienone is 1. The Balaban J connectivity index is 1.94. The van der Waals surface area contributed by atoms with Gasteiger partial charge >= 0.3 is 11.7 Å². The minimum Gasteiger partial charge on any atom is -0.500 e. The van der Waals surface area contributed by atoms with E-state index in [1.807, 2.05) is 31.2 Å². The van der Waals surface area contributed by atoms with E-state index in [9.17, 15) is 24.8 Å². The molecule has 0 saturated heterocycles. The van der Waals surface area contributed by atoms with Gasteiger partial charge in [0.25, 0.3) is 0 Å². The number of rotatable bonds is 5. The second kappa shape index (κ2) is 9.05. The molecule has 10 nitrogen and oxygen atoms in total. The van der Waals surface area contributed by atoms with Crippen molar-refractivity contribution in [1.82, 2.24) is 0 Å². The molecule has 0 saturated carbocycles. The molecule has 0 spiro atoms. The normalized spacial score (nSPS) is 21.4. The van der Waals surface area contributed by atoms with Crippen LogP contribution in [0.25, 0.3) is 0 Å². The number of nitro benzene ring substituents is 1. The Labute approximate surface area is 195 Å². The number of nitro groups is 1. The van der Waals surface area contributed by atoms with Crippen molar-refractivity contribution >= 4 is 28.8 Å². The molecule has 0 radical (unpaired) electrons. The van der Waals surface area contributed by atoms with E-state index >= 15 is 0 Å². The number of aromatic hydroxyl groups is 1. The van der Waals surface area contributed by atoms with E-state index in [-0.39, 0.29) is 23.8 Å². The highest BCUT2D eigenvalue weighted by Crippen LogP contribution is 2.46. The highest BCUT2D eigenvalue weighted by atomic mass is 16.6. The van der Waals surface area contributed by atoms with Crippen LogP contribution >= 0.6 is 0 Å². The topological polar surface area (TPSA) is 140 Å². The van der Waals surface area contributed by atoms with Crippen LogP contribution in [0.3, 0.4) is 0 Å². The number of nitrogens with one attached hydrogen (secondary N) is 2. The maximum atomic E-state index is 13.7. The number of para-hydroxylation sites is 2. The summed E-state index contributed by atoms with van der Waals surface area (Å²) >= 11 is 0. The van der Waals surface area contributed by atoms with Gasteiger partial charge in [0, 0.05) is 17.3 Å². The van der Waals surface area contributed by atoms with Crippen molar-refractivity contribution in [1.29, 1.82) is 0 Å². The molecule has 1 aliphatic heterocycles. The summed E-state index contributed by atoms with van der Waals surface area (Å²) in [7, 11) is 1.24. The van der Waals surface area contributed by atoms with E-state index < -0.39 is 40.1 Å². The number of carbonyl (C=O) groups excluding carboxylic acids is 2. The average molecular weight is 467 g/mol. The van der Waals surface area contributed by atoms with Gasteiger partial charge in [0.15, 0.2) is 11.5 Å². The first-order chi connectivity index (χ1) is 16.3. The zero-order chi connectivity index (χ0) is 24.6. The van der Waals surface area contributed by atoms with Crippen LogP contribution in [-0.2, 0) is 14.3 Å². The van der Waals surface area contributed by atoms with Crippen LogP contribution in [0.4, 0.5) is 17.1 Å². The fourth-order valence-electron chi connectivity index (χ4n) is 4.57. The van der Waals surface area contributed by atoms with Crippen LogP contribution in [0.15, 0.2) is 47.7 Å². The SMILES string of the molecule is CCOc1cc([C@H]2Nc3ccccc3NC3=C2C(=O)[C@@H](C(=O)OC)[C@H](C)C3)cc([N+](=O)[O-])c1O.